The standard InChI is InChI=1S/C15H12FNO2S/c1-9(18)14-10(16)5-4-8-13(14)20-15-17-11-6-2-3-7-12(11)19-15/h2-9,18H,1H3/t9-/m1/s1. The molecule has 0 spiro atoms. The third kappa shape index (κ3) is 2.42. The van der Waals surface area contributed by atoms with Crippen molar-refractivity contribution >= 4 is 22.9 Å². The van der Waals surface area contributed by atoms with Gasteiger partial charge < -0.3 is 9.52 Å². The third-order valence-electron chi connectivity index (χ3n) is 2.90. The van der Waals surface area contributed by atoms with Crippen LogP contribution in [-0.2, 0) is 0 Å². The Morgan fingerprint density at radius 2 is 2.00 bits per heavy atom. The highest BCUT2D eigenvalue weighted by Crippen LogP contribution is 2.35. The van der Waals surface area contributed by atoms with Gasteiger partial charge in [0.2, 0.25) is 0 Å². The van der Waals surface area contributed by atoms with Crippen LogP contribution < -0.4 is 0 Å². The summed E-state index contributed by atoms with van der Waals surface area (Å²) in [7, 11) is 0. The molecule has 0 bridgehead atoms. The van der Waals surface area contributed by atoms with Crippen molar-refractivity contribution in [3.63, 3.8) is 0 Å². The highest BCUT2D eigenvalue weighted by molar-refractivity contribution is 7.99. The van der Waals surface area contributed by atoms with Crippen LogP contribution in [0.3, 0.4) is 0 Å². The molecule has 2 aromatic carbocycles. The zero-order valence-electron chi connectivity index (χ0n) is 10.7. The molecule has 20 heavy (non-hydrogen) atoms. The molecule has 0 saturated heterocycles. The minimum Gasteiger partial charge on any atom is -0.431 e. The Morgan fingerprint density at radius 3 is 2.75 bits per heavy atom. The second kappa shape index (κ2) is 5.26. The van der Waals surface area contributed by atoms with E-state index in [9.17, 15) is 9.50 Å². The molecule has 0 radical (unpaired) electrons. The highest BCUT2D eigenvalue weighted by Gasteiger charge is 2.16. The molecule has 3 rings (SSSR count). The van der Waals surface area contributed by atoms with Gasteiger partial charge in [0.1, 0.15) is 11.3 Å². The summed E-state index contributed by atoms with van der Waals surface area (Å²) in [5, 5.41) is 10.1. The largest absolute Gasteiger partial charge is 0.431 e. The van der Waals surface area contributed by atoms with Gasteiger partial charge in [-0.3, -0.25) is 0 Å². The third-order valence-corrected chi connectivity index (χ3v) is 3.83. The lowest BCUT2D eigenvalue weighted by atomic mass is 10.1. The van der Waals surface area contributed by atoms with Crippen LogP contribution in [0.2, 0.25) is 0 Å². The van der Waals surface area contributed by atoms with Crippen LogP contribution in [0, 0.1) is 5.82 Å². The van der Waals surface area contributed by atoms with Gasteiger partial charge in [0.15, 0.2) is 5.58 Å². The lowest BCUT2D eigenvalue weighted by Gasteiger charge is -2.10. The van der Waals surface area contributed by atoms with Crippen molar-refractivity contribution in [3.05, 3.63) is 53.8 Å². The van der Waals surface area contributed by atoms with E-state index in [2.05, 4.69) is 4.98 Å². The molecule has 0 fully saturated rings. The van der Waals surface area contributed by atoms with E-state index in [0.717, 1.165) is 5.52 Å². The number of aliphatic hydroxyl groups is 1. The quantitative estimate of drug-likeness (QED) is 0.786. The van der Waals surface area contributed by atoms with Gasteiger partial charge in [0.05, 0.1) is 6.10 Å². The topological polar surface area (TPSA) is 46.3 Å². The Morgan fingerprint density at radius 1 is 1.20 bits per heavy atom. The molecule has 0 aliphatic carbocycles. The van der Waals surface area contributed by atoms with Gasteiger partial charge in [-0.25, -0.2) is 9.37 Å². The summed E-state index contributed by atoms with van der Waals surface area (Å²) >= 11 is 1.20. The molecule has 1 atom stereocenters. The van der Waals surface area contributed by atoms with Crippen molar-refractivity contribution in [3.8, 4) is 0 Å². The number of hydrogen-bond donors (Lipinski definition) is 1. The lowest BCUT2D eigenvalue weighted by Crippen LogP contribution is -1.98. The molecule has 1 N–H and O–H groups in total. The minimum absolute atomic E-state index is 0.264. The summed E-state index contributed by atoms with van der Waals surface area (Å²) in [4.78, 5) is 4.93. The summed E-state index contributed by atoms with van der Waals surface area (Å²) in [5.74, 6) is -0.430. The van der Waals surface area contributed by atoms with Gasteiger partial charge >= 0.3 is 0 Å². The molecule has 3 aromatic rings. The first-order valence-electron chi connectivity index (χ1n) is 6.15. The van der Waals surface area contributed by atoms with Crippen molar-refractivity contribution < 1.29 is 13.9 Å². The Bertz CT molecular complexity index is 721. The van der Waals surface area contributed by atoms with Gasteiger partial charge in [0.25, 0.3) is 5.22 Å². The van der Waals surface area contributed by atoms with Crippen LogP contribution in [0.15, 0.2) is 57.0 Å². The van der Waals surface area contributed by atoms with Crippen LogP contribution >= 0.6 is 11.8 Å². The number of halogens is 1. The molecule has 102 valence electrons. The maximum atomic E-state index is 13.8. The van der Waals surface area contributed by atoms with Crippen molar-refractivity contribution in [2.24, 2.45) is 0 Å². The van der Waals surface area contributed by atoms with Crippen molar-refractivity contribution in [2.75, 3.05) is 0 Å². The minimum atomic E-state index is -0.886. The van der Waals surface area contributed by atoms with Crippen molar-refractivity contribution in [2.45, 2.75) is 23.1 Å². The van der Waals surface area contributed by atoms with Crippen LogP contribution in [0.1, 0.15) is 18.6 Å². The van der Waals surface area contributed by atoms with Gasteiger partial charge in [-0.1, -0.05) is 18.2 Å². The van der Waals surface area contributed by atoms with E-state index in [1.807, 2.05) is 24.3 Å². The molecule has 0 aliphatic heterocycles. The average Bonchev–Trinajstić information content (AvgIpc) is 2.80. The highest BCUT2D eigenvalue weighted by atomic mass is 32.2. The maximum Gasteiger partial charge on any atom is 0.261 e. The average molecular weight is 289 g/mol. The number of hydrogen-bond acceptors (Lipinski definition) is 4. The van der Waals surface area contributed by atoms with Gasteiger partial charge in [0, 0.05) is 10.5 Å². The van der Waals surface area contributed by atoms with Gasteiger partial charge in [-0.15, -0.1) is 0 Å². The van der Waals surface area contributed by atoms with Crippen molar-refractivity contribution in [1.29, 1.82) is 0 Å². The van der Waals surface area contributed by atoms with Crippen LogP contribution in [0.25, 0.3) is 11.1 Å². The number of nitrogens with zero attached hydrogens (tertiary/aromatic N) is 1. The molecule has 1 aromatic heterocycles. The zero-order chi connectivity index (χ0) is 14.1. The number of oxazole rings is 1. The van der Waals surface area contributed by atoms with E-state index < -0.39 is 11.9 Å². The van der Waals surface area contributed by atoms with Gasteiger partial charge in [-0.2, -0.15) is 0 Å². The summed E-state index contributed by atoms with van der Waals surface area (Å²) in [5.41, 5.74) is 1.70. The van der Waals surface area contributed by atoms with E-state index in [1.54, 1.807) is 12.1 Å². The maximum absolute atomic E-state index is 13.8. The fraction of sp³-hybridized carbons (Fsp3) is 0.133. The van der Waals surface area contributed by atoms with E-state index >= 15 is 0 Å². The van der Waals surface area contributed by atoms with Crippen LogP contribution in [0.4, 0.5) is 4.39 Å². The number of benzene rings is 2. The molecule has 5 heteroatoms. The predicted octanol–water partition coefficient (Wildman–Crippen LogP) is 4.17. The Labute approximate surface area is 119 Å². The molecule has 0 amide bonds. The summed E-state index contributed by atoms with van der Waals surface area (Å²) < 4.78 is 19.4. The number of aromatic nitrogens is 1. The lowest BCUT2D eigenvalue weighted by molar-refractivity contribution is 0.191. The zero-order valence-corrected chi connectivity index (χ0v) is 11.5. The van der Waals surface area contributed by atoms with E-state index in [1.165, 1.54) is 24.8 Å². The monoisotopic (exact) mass is 289 g/mol. The number of aliphatic hydroxyl groups excluding tert-OH is 1. The Balaban J connectivity index is 2.00. The Kier molecular flexibility index (Phi) is 3.46. The molecule has 0 saturated carbocycles. The molecule has 3 nitrogen and oxygen atoms in total. The Hall–Kier alpha value is -1.85. The molecular formula is C15H12FNO2S. The first-order chi connectivity index (χ1) is 9.65. The van der Waals surface area contributed by atoms with E-state index in [-0.39, 0.29) is 5.56 Å². The second-order valence-electron chi connectivity index (χ2n) is 4.38. The van der Waals surface area contributed by atoms with Crippen LogP contribution in [-0.4, -0.2) is 10.1 Å². The molecule has 0 aliphatic rings. The SMILES string of the molecule is C[C@@H](O)c1c(F)cccc1Sc1nc2ccccc2o1. The fourth-order valence-corrected chi connectivity index (χ4v) is 2.99. The summed E-state index contributed by atoms with van der Waals surface area (Å²) in [6, 6.07) is 12.1. The number of rotatable bonds is 3. The smallest absolute Gasteiger partial charge is 0.261 e. The second-order valence-corrected chi connectivity index (χ2v) is 5.37. The predicted molar refractivity (Wildman–Crippen MR) is 75.2 cm³/mol. The molecule has 1 heterocycles. The number of para-hydroxylation sites is 2. The van der Waals surface area contributed by atoms with Crippen molar-refractivity contribution in [1.82, 2.24) is 4.98 Å². The van der Waals surface area contributed by atoms with E-state index in [4.69, 9.17) is 4.42 Å². The molecular weight excluding hydrogens is 277 g/mol. The summed E-state index contributed by atoms with van der Waals surface area (Å²) in [6.45, 7) is 1.54. The van der Waals surface area contributed by atoms with Crippen LogP contribution in [0.5, 0.6) is 0 Å². The normalized spacial score (nSPS) is 12.8. The molecule has 0 unspecified atom stereocenters. The van der Waals surface area contributed by atoms with Gasteiger partial charge in [-0.05, 0) is 43.0 Å². The number of fused-ring (bicyclic) bond motifs is 1. The fourth-order valence-electron chi connectivity index (χ4n) is 2.00. The summed E-state index contributed by atoms with van der Waals surface area (Å²) in [6.07, 6.45) is -0.886. The van der Waals surface area contributed by atoms with E-state index in [0.29, 0.717) is 15.7 Å². The first-order valence-corrected chi connectivity index (χ1v) is 6.96. The first kappa shape index (κ1) is 13.1.